The van der Waals surface area contributed by atoms with Crippen LogP contribution >= 0.6 is 0 Å². The van der Waals surface area contributed by atoms with Crippen LogP contribution in [0.1, 0.15) is 12.8 Å². The van der Waals surface area contributed by atoms with E-state index in [2.05, 4.69) is 0 Å². The lowest BCUT2D eigenvalue weighted by Gasteiger charge is -2.27. The molecule has 0 bridgehead atoms. The zero-order valence-corrected chi connectivity index (χ0v) is 13.4. The Kier molecular flexibility index (Phi) is 2.80. The smallest absolute Gasteiger partial charge is 0.156 e. The summed E-state index contributed by atoms with van der Waals surface area (Å²) in [5, 5.41) is 34.5. The Bertz CT molecular complexity index is 1160. The molecule has 0 radical (unpaired) electrons. The number of phenolic OH excluding ortho intramolecular Hbond substituents is 3. The van der Waals surface area contributed by atoms with Crippen molar-refractivity contribution >= 4 is 21.5 Å². The highest BCUT2D eigenvalue weighted by Gasteiger charge is 2.34. The van der Waals surface area contributed by atoms with Gasteiger partial charge >= 0.3 is 0 Å². The van der Waals surface area contributed by atoms with Gasteiger partial charge in [0.2, 0.25) is 0 Å². The number of aromatic hydroxyl groups is 3. The minimum atomic E-state index is -0.537. The maximum Gasteiger partial charge on any atom is 0.156 e. The number of rotatable bonds is 0. The van der Waals surface area contributed by atoms with Crippen molar-refractivity contribution in [2.24, 2.45) is 9.98 Å². The summed E-state index contributed by atoms with van der Waals surface area (Å²) in [5.74, 6) is -0.138. The molecule has 3 aromatic carbocycles. The fourth-order valence-corrected chi connectivity index (χ4v) is 3.86. The van der Waals surface area contributed by atoms with Crippen molar-refractivity contribution < 1.29 is 20.1 Å². The van der Waals surface area contributed by atoms with Gasteiger partial charge in [-0.3, -0.25) is 9.98 Å². The average Bonchev–Trinajstić information content (AvgIpc) is 2.96. The van der Waals surface area contributed by atoms with E-state index < -0.39 is 5.66 Å². The lowest BCUT2D eigenvalue weighted by atomic mass is 9.99. The van der Waals surface area contributed by atoms with Gasteiger partial charge < -0.3 is 20.1 Å². The van der Waals surface area contributed by atoms with Crippen LogP contribution in [0.5, 0.6) is 17.2 Å². The number of hydrogen-bond acceptors (Lipinski definition) is 6. The van der Waals surface area contributed by atoms with Gasteiger partial charge in [0.05, 0.1) is 34.7 Å². The van der Waals surface area contributed by atoms with Crippen molar-refractivity contribution in [2.75, 3.05) is 13.2 Å². The third-order valence-corrected chi connectivity index (χ3v) is 5.12. The summed E-state index contributed by atoms with van der Waals surface area (Å²) in [6.07, 6.45) is 1.40. The SMILES string of the molecule is Oc1cccc2c(O)c3c4c(ccc3c(O)c12)=NC1(CCOCC1)N=4. The third-order valence-electron chi connectivity index (χ3n) is 5.12. The Hall–Kier alpha value is -2.86. The highest BCUT2D eigenvalue weighted by Crippen LogP contribution is 2.43. The van der Waals surface area contributed by atoms with Crippen molar-refractivity contribution in [3.05, 3.63) is 41.0 Å². The molecule has 0 aliphatic carbocycles. The largest absolute Gasteiger partial charge is 0.507 e. The second kappa shape index (κ2) is 4.83. The van der Waals surface area contributed by atoms with Crippen LogP contribution in [0.2, 0.25) is 0 Å². The molecule has 1 saturated heterocycles. The molecule has 2 aliphatic rings. The van der Waals surface area contributed by atoms with Crippen molar-refractivity contribution in [1.29, 1.82) is 0 Å². The average molecular weight is 336 g/mol. The zero-order valence-electron chi connectivity index (χ0n) is 13.4. The van der Waals surface area contributed by atoms with Crippen LogP contribution in [-0.4, -0.2) is 34.2 Å². The lowest BCUT2D eigenvalue weighted by molar-refractivity contribution is 0.0566. The molecular weight excluding hydrogens is 320 g/mol. The first-order chi connectivity index (χ1) is 12.1. The summed E-state index contributed by atoms with van der Waals surface area (Å²) in [4.78, 5) is 9.59. The quantitative estimate of drug-likeness (QED) is 0.431. The monoisotopic (exact) mass is 336 g/mol. The van der Waals surface area contributed by atoms with Crippen molar-refractivity contribution in [1.82, 2.24) is 0 Å². The second-order valence-electron chi connectivity index (χ2n) is 6.57. The van der Waals surface area contributed by atoms with Gasteiger partial charge in [0.25, 0.3) is 0 Å². The van der Waals surface area contributed by atoms with Gasteiger partial charge in [-0.1, -0.05) is 12.1 Å². The molecular formula is C19H16N2O4. The number of benzene rings is 3. The molecule has 0 unspecified atom stereocenters. The predicted octanol–water partition coefficient (Wildman–Crippen LogP) is 1.87. The van der Waals surface area contributed by atoms with Crippen molar-refractivity contribution in [3.63, 3.8) is 0 Å². The van der Waals surface area contributed by atoms with Crippen molar-refractivity contribution in [3.8, 4) is 17.2 Å². The van der Waals surface area contributed by atoms with Crippen LogP contribution in [0.15, 0.2) is 40.3 Å². The Morgan fingerprint density at radius 1 is 0.840 bits per heavy atom. The fourth-order valence-electron chi connectivity index (χ4n) is 3.86. The third kappa shape index (κ3) is 1.88. The molecule has 126 valence electrons. The van der Waals surface area contributed by atoms with Crippen LogP contribution < -0.4 is 10.7 Å². The zero-order chi connectivity index (χ0) is 17.2. The van der Waals surface area contributed by atoms with Crippen LogP contribution in [-0.2, 0) is 4.74 Å². The molecule has 0 amide bonds. The Labute approximate surface area is 142 Å². The van der Waals surface area contributed by atoms with Crippen molar-refractivity contribution in [2.45, 2.75) is 18.5 Å². The molecule has 1 fully saturated rings. The summed E-state index contributed by atoms with van der Waals surface area (Å²) in [7, 11) is 0. The van der Waals surface area contributed by atoms with E-state index in [-0.39, 0.29) is 22.6 Å². The summed E-state index contributed by atoms with van der Waals surface area (Å²) < 4.78 is 5.42. The highest BCUT2D eigenvalue weighted by atomic mass is 16.5. The molecule has 0 atom stereocenters. The number of ether oxygens (including phenoxy) is 1. The minimum absolute atomic E-state index is 0.00129. The van der Waals surface area contributed by atoms with Gasteiger partial charge in [-0.25, -0.2) is 0 Å². The molecule has 2 aliphatic heterocycles. The van der Waals surface area contributed by atoms with E-state index in [0.717, 1.165) is 0 Å². The number of nitrogens with zero attached hydrogens (tertiary/aromatic N) is 2. The standard InChI is InChI=1S/C19H16N2O4/c22-13-3-1-2-10-14(13)17(23)11-4-5-12-16(15(11)18(10)24)21-19(20-12)6-8-25-9-7-19/h1-5,22-24H,6-9H2. The Morgan fingerprint density at radius 3 is 2.36 bits per heavy atom. The molecule has 25 heavy (non-hydrogen) atoms. The van der Waals surface area contributed by atoms with E-state index in [0.29, 0.717) is 52.9 Å². The van der Waals surface area contributed by atoms with Gasteiger partial charge in [-0.2, -0.15) is 0 Å². The number of hydrogen-bond donors (Lipinski definition) is 3. The van der Waals surface area contributed by atoms with E-state index in [1.165, 1.54) is 6.07 Å². The summed E-state index contributed by atoms with van der Waals surface area (Å²) in [6, 6.07) is 8.30. The predicted molar refractivity (Wildman–Crippen MR) is 91.5 cm³/mol. The normalized spacial score (nSPS) is 18.2. The summed E-state index contributed by atoms with van der Waals surface area (Å²) in [5.41, 5.74) is -0.537. The second-order valence-corrected chi connectivity index (χ2v) is 6.57. The fraction of sp³-hybridized carbons (Fsp3) is 0.263. The summed E-state index contributed by atoms with van der Waals surface area (Å²) >= 11 is 0. The van der Waals surface area contributed by atoms with E-state index in [9.17, 15) is 15.3 Å². The van der Waals surface area contributed by atoms with Gasteiger partial charge in [0.1, 0.15) is 17.2 Å². The first-order valence-electron chi connectivity index (χ1n) is 8.25. The minimum Gasteiger partial charge on any atom is -0.507 e. The molecule has 3 N–H and O–H groups in total. The number of phenols is 3. The molecule has 3 aromatic rings. The first-order valence-corrected chi connectivity index (χ1v) is 8.25. The van der Waals surface area contributed by atoms with E-state index >= 15 is 0 Å². The van der Waals surface area contributed by atoms with Gasteiger partial charge in [-0.15, -0.1) is 0 Å². The van der Waals surface area contributed by atoms with E-state index in [1.807, 2.05) is 0 Å². The molecule has 5 rings (SSSR count). The van der Waals surface area contributed by atoms with E-state index in [1.54, 1.807) is 24.3 Å². The van der Waals surface area contributed by atoms with Gasteiger partial charge in [0.15, 0.2) is 5.66 Å². The molecule has 2 heterocycles. The number of fused-ring (bicyclic) bond motifs is 4. The molecule has 6 heteroatoms. The maximum absolute atomic E-state index is 10.9. The highest BCUT2D eigenvalue weighted by molar-refractivity contribution is 6.12. The summed E-state index contributed by atoms with van der Waals surface area (Å²) in [6.45, 7) is 1.21. The Morgan fingerprint density at radius 2 is 1.56 bits per heavy atom. The van der Waals surface area contributed by atoms with Crippen LogP contribution in [0.3, 0.4) is 0 Å². The molecule has 0 aromatic heterocycles. The maximum atomic E-state index is 10.9. The lowest BCUT2D eigenvalue weighted by Crippen LogP contribution is -2.31. The van der Waals surface area contributed by atoms with E-state index in [4.69, 9.17) is 14.7 Å². The topological polar surface area (TPSA) is 94.6 Å². The van der Waals surface area contributed by atoms with Crippen LogP contribution in [0, 0.1) is 0 Å². The molecule has 0 saturated carbocycles. The van der Waals surface area contributed by atoms with Crippen LogP contribution in [0.4, 0.5) is 0 Å². The van der Waals surface area contributed by atoms with Crippen LogP contribution in [0.25, 0.3) is 21.5 Å². The van der Waals surface area contributed by atoms with Gasteiger partial charge in [-0.05, 0) is 18.2 Å². The first kappa shape index (κ1) is 14.5. The molecule has 1 spiro atoms. The molecule has 6 nitrogen and oxygen atoms in total. The Balaban J connectivity index is 1.94. The van der Waals surface area contributed by atoms with Gasteiger partial charge in [0, 0.05) is 23.6 Å².